The number of hydrogen-bond acceptors (Lipinski definition) is 4. The Labute approximate surface area is 165 Å². The summed E-state index contributed by atoms with van der Waals surface area (Å²) in [6.07, 6.45) is -0.789. The number of halogens is 3. The van der Waals surface area contributed by atoms with Crippen LogP contribution in [-0.2, 0) is 4.79 Å². The summed E-state index contributed by atoms with van der Waals surface area (Å²) in [5.41, 5.74) is 0.448. The lowest BCUT2D eigenvalue weighted by molar-refractivity contribution is -0.384. The minimum absolute atomic E-state index is 0.0513. The summed E-state index contributed by atoms with van der Waals surface area (Å²) >= 11 is 22.7. The molecule has 11 heteroatoms. The van der Waals surface area contributed by atoms with Gasteiger partial charge in [-0.15, -0.1) is 0 Å². The van der Waals surface area contributed by atoms with Gasteiger partial charge in [0.1, 0.15) is 6.17 Å². The third kappa shape index (κ3) is 8.04. The summed E-state index contributed by atoms with van der Waals surface area (Å²) in [4.78, 5) is 22.0. The number of non-ortho nitro benzene ring substituents is 1. The second-order valence-corrected chi connectivity index (χ2v) is 8.32. The van der Waals surface area contributed by atoms with Crippen LogP contribution in [0, 0.1) is 16.0 Å². The minimum Gasteiger partial charge on any atom is -0.339 e. The second kappa shape index (κ2) is 9.38. The van der Waals surface area contributed by atoms with Crippen molar-refractivity contribution >= 4 is 69.4 Å². The second-order valence-electron chi connectivity index (χ2n) is 5.54. The fraction of sp³-hybridized carbons (Fsp3) is 0.429. The Kier molecular flexibility index (Phi) is 8.14. The molecule has 138 valence electrons. The van der Waals surface area contributed by atoms with E-state index in [1.165, 1.54) is 24.3 Å². The molecule has 0 heterocycles. The molecule has 0 saturated heterocycles. The summed E-state index contributed by atoms with van der Waals surface area (Å²) in [7, 11) is 0. The number of rotatable bonds is 6. The SMILES string of the molecule is CC(C)CC(=O)N[C@H](NC(=S)Nc1ccc([N+](=O)[O-])cc1)C(Cl)(Cl)Cl. The van der Waals surface area contributed by atoms with E-state index in [9.17, 15) is 14.9 Å². The van der Waals surface area contributed by atoms with Crippen LogP contribution in [0.3, 0.4) is 0 Å². The molecule has 0 aliphatic heterocycles. The van der Waals surface area contributed by atoms with Gasteiger partial charge in [-0.2, -0.15) is 0 Å². The number of nitrogens with zero attached hydrogens (tertiary/aromatic N) is 1. The van der Waals surface area contributed by atoms with E-state index in [1.54, 1.807) is 0 Å². The maximum Gasteiger partial charge on any atom is 0.269 e. The number of nitro groups is 1. The topological polar surface area (TPSA) is 96.3 Å². The first-order valence-electron chi connectivity index (χ1n) is 7.17. The Balaban J connectivity index is 2.71. The molecule has 0 unspecified atom stereocenters. The molecular formula is C14H17Cl3N4O3S. The molecule has 1 rings (SSSR count). The van der Waals surface area contributed by atoms with E-state index in [0.29, 0.717) is 5.69 Å². The molecule has 1 atom stereocenters. The zero-order chi connectivity index (χ0) is 19.2. The number of hydrogen-bond donors (Lipinski definition) is 3. The lowest BCUT2D eigenvalue weighted by Crippen LogP contribution is -2.56. The standard InChI is InChI=1S/C14H17Cl3N4O3S/c1-8(2)7-11(22)19-12(14(15,16)17)20-13(25)18-9-3-5-10(6-4-9)21(23)24/h3-6,8,12H,7H2,1-2H3,(H,19,22)(H2,18,20,25)/t12-/m1/s1. The van der Waals surface area contributed by atoms with Crippen LogP contribution in [0.1, 0.15) is 20.3 Å². The van der Waals surface area contributed by atoms with E-state index in [-0.39, 0.29) is 29.0 Å². The van der Waals surface area contributed by atoms with Crippen LogP contribution >= 0.6 is 47.0 Å². The van der Waals surface area contributed by atoms with E-state index in [4.69, 9.17) is 47.0 Å². The van der Waals surface area contributed by atoms with Gasteiger partial charge < -0.3 is 16.0 Å². The third-order valence-electron chi connectivity index (χ3n) is 2.84. The Bertz CT molecular complexity index is 635. The smallest absolute Gasteiger partial charge is 0.269 e. The Morgan fingerprint density at radius 2 is 1.80 bits per heavy atom. The molecule has 25 heavy (non-hydrogen) atoms. The number of thiocarbonyl (C=S) groups is 1. The van der Waals surface area contributed by atoms with E-state index in [0.717, 1.165) is 0 Å². The first kappa shape index (κ1) is 21.7. The first-order valence-corrected chi connectivity index (χ1v) is 8.71. The average molecular weight is 428 g/mol. The first-order chi connectivity index (χ1) is 11.5. The molecule has 0 saturated carbocycles. The van der Waals surface area contributed by atoms with Gasteiger partial charge in [0.05, 0.1) is 4.92 Å². The Hall–Kier alpha value is -1.35. The number of carbonyl (C=O) groups is 1. The zero-order valence-electron chi connectivity index (χ0n) is 13.4. The van der Waals surface area contributed by atoms with Gasteiger partial charge in [0.15, 0.2) is 5.11 Å². The van der Waals surface area contributed by atoms with Gasteiger partial charge in [0, 0.05) is 24.2 Å². The molecule has 0 fully saturated rings. The summed E-state index contributed by atoms with van der Waals surface area (Å²) < 4.78 is -1.84. The van der Waals surface area contributed by atoms with E-state index in [1.807, 2.05) is 13.8 Å². The monoisotopic (exact) mass is 426 g/mol. The molecule has 0 aliphatic rings. The molecule has 0 radical (unpaired) electrons. The van der Waals surface area contributed by atoms with Gasteiger partial charge in [-0.3, -0.25) is 14.9 Å². The van der Waals surface area contributed by atoms with Crippen molar-refractivity contribution in [1.82, 2.24) is 10.6 Å². The van der Waals surface area contributed by atoms with Gasteiger partial charge in [0.25, 0.3) is 5.69 Å². The molecule has 0 aromatic heterocycles. The van der Waals surface area contributed by atoms with Gasteiger partial charge >= 0.3 is 0 Å². The minimum atomic E-state index is -1.84. The highest BCUT2D eigenvalue weighted by atomic mass is 35.6. The predicted octanol–water partition coefficient (Wildman–Crippen LogP) is 3.74. The number of carbonyl (C=O) groups excluding carboxylic acids is 1. The van der Waals surface area contributed by atoms with Crippen molar-refractivity contribution in [1.29, 1.82) is 0 Å². The zero-order valence-corrected chi connectivity index (χ0v) is 16.5. The normalized spacial score (nSPS) is 12.4. The largest absolute Gasteiger partial charge is 0.339 e. The highest BCUT2D eigenvalue weighted by Crippen LogP contribution is 2.29. The molecule has 1 aromatic carbocycles. The quantitative estimate of drug-likeness (QED) is 0.210. The van der Waals surface area contributed by atoms with Gasteiger partial charge in [-0.05, 0) is 30.3 Å². The Morgan fingerprint density at radius 1 is 1.24 bits per heavy atom. The van der Waals surface area contributed by atoms with Crippen LogP contribution in [-0.4, -0.2) is 25.9 Å². The van der Waals surface area contributed by atoms with Crippen LogP contribution in [0.25, 0.3) is 0 Å². The molecule has 1 aromatic rings. The molecule has 0 spiro atoms. The number of alkyl halides is 3. The summed E-state index contributed by atoms with van der Waals surface area (Å²) in [5.74, 6) is -0.154. The molecular weight excluding hydrogens is 411 g/mol. The lowest BCUT2D eigenvalue weighted by atomic mass is 10.1. The molecule has 7 nitrogen and oxygen atoms in total. The van der Waals surface area contributed by atoms with Crippen molar-refractivity contribution in [2.24, 2.45) is 5.92 Å². The van der Waals surface area contributed by atoms with Gasteiger partial charge in [0.2, 0.25) is 9.70 Å². The predicted molar refractivity (Wildman–Crippen MR) is 104 cm³/mol. The number of nitrogens with one attached hydrogen (secondary N) is 3. The van der Waals surface area contributed by atoms with Crippen LogP contribution in [0.2, 0.25) is 0 Å². The lowest BCUT2D eigenvalue weighted by Gasteiger charge is -2.28. The molecule has 0 aliphatic carbocycles. The summed E-state index contributed by atoms with van der Waals surface area (Å²) in [6.45, 7) is 3.77. The van der Waals surface area contributed by atoms with Crippen molar-refractivity contribution in [2.75, 3.05) is 5.32 Å². The highest BCUT2D eigenvalue weighted by molar-refractivity contribution is 7.80. The van der Waals surface area contributed by atoms with Crippen LogP contribution < -0.4 is 16.0 Å². The maximum absolute atomic E-state index is 11.9. The Morgan fingerprint density at radius 3 is 2.24 bits per heavy atom. The van der Waals surface area contributed by atoms with E-state index < -0.39 is 14.9 Å². The van der Waals surface area contributed by atoms with Crippen molar-refractivity contribution in [3.63, 3.8) is 0 Å². The van der Waals surface area contributed by atoms with Crippen molar-refractivity contribution in [3.05, 3.63) is 34.4 Å². The van der Waals surface area contributed by atoms with Crippen LogP contribution in [0.15, 0.2) is 24.3 Å². The third-order valence-corrected chi connectivity index (χ3v) is 3.71. The van der Waals surface area contributed by atoms with Crippen molar-refractivity contribution in [3.8, 4) is 0 Å². The average Bonchev–Trinajstić information content (AvgIpc) is 2.45. The van der Waals surface area contributed by atoms with Crippen molar-refractivity contribution < 1.29 is 9.72 Å². The highest BCUT2D eigenvalue weighted by Gasteiger charge is 2.34. The number of benzene rings is 1. The summed E-state index contributed by atoms with van der Waals surface area (Å²) in [5, 5.41) is 18.8. The van der Waals surface area contributed by atoms with Gasteiger partial charge in [-0.1, -0.05) is 48.7 Å². The van der Waals surface area contributed by atoms with E-state index >= 15 is 0 Å². The van der Waals surface area contributed by atoms with Crippen LogP contribution in [0.5, 0.6) is 0 Å². The molecule has 3 N–H and O–H groups in total. The number of anilines is 1. The van der Waals surface area contributed by atoms with E-state index in [2.05, 4.69) is 16.0 Å². The van der Waals surface area contributed by atoms with Crippen LogP contribution in [0.4, 0.5) is 11.4 Å². The maximum atomic E-state index is 11.9. The molecule has 0 bridgehead atoms. The fourth-order valence-corrected chi connectivity index (χ4v) is 2.32. The number of nitro benzene ring substituents is 1. The number of amides is 1. The fourth-order valence-electron chi connectivity index (χ4n) is 1.76. The van der Waals surface area contributed by atoms with Crippen molar-refractivity contribution in [2.45, 2.75) is 30.2 Å². The summed E-state index contributed by atoms with van der Waals surface area (Å²) in [6, 6.07) is 5.60. The molecule has 1 amide bonds. The van der Waals surface area contributed by atoms with Gasteiger partial charge in [-0.25, -0.2) is 0 Å².